The molecule has 0 saturated heterocycles. The van der Waals surface area contributed by atoms with Gasteiger partial charge in [-0.15, -0.1) is 0 Å². The van der Waals surface area contributed by atoms with E-state index in [2.05, 4.69) is 152 Å². The number of furan rings is 1. The van der Waals surface area contributed by atoms with Crippen molar-refractivity contribution in [2.75, 3.05) is 4.90 Å². The van der Waals surface area contributed by atoms with Crippen molar-refractivity contribution in [3.8, 4) is 11.1 Å². The minimum absolute atomic E-state index is 0.246. The van der Waals surface area contributed by atoms with Crippen LogP contribution in [0.1, 0.15) is 49.0 Å². The molecule has 0 radical (unpaired) electrons. The second-order valence-electron chi connectivity index (χ2n) is 15.2. The monoisotopic (exact) mass is 707 g/mol. The van der Waals surface area contributed by atoms with Gasteiger partial charge in [0.15, 0.2) is 0 Å². The first kappa shape index (κ1) is 31.8. The van der Waals surface area contributed by atoms with Crippen molar-refractivity contribution in [1.29, 1.82) is 0 Å². The van der Waals surface area contributed by atoms with E-state index in [1.165, 1.54) is 76.7 Å². The maximum absolute atomic E-state index is 6.66. The summed E-state index contributed by atoms with van der Waals surface area (Å²) in [5, 5.41) is 7.06. The Morgan fingerprint density at radius 1 is 0.788 bits per heavy atom. The molecule has 0 N–H and O–H groups in total. The Labute approximate surface area is 311 Å². The van der Waals surface area contributed by atoms with Gasteiger partial charge in [0.05, 0.1) is 0 Å². The number of fused-ring (bicyclic) bond motifs is 8. The van der Waals surface area contributed by atoms with Gasteiger partial charge in [0.2, 0.25) is 0 Å². The van der Waals surface area contributed by atoms with E-state index in [0.29, 0.717) is 11.5 Å². The molecule has 0 fully saturated rings. The van der Waals surface area contributed by atoms with Gasteiger partial charge < -0.3 is 9.32 Å². The van der Waals surface area contributed by atoms with Gasteiger partial charge in [-0.2, -0.15) is 0 Å². The van der Waals surface area contributed by atoms with Crippen LogP contribution in [0.3, 0.4) is 0 Å². The molecule has 1 aliphatic heterocycles. The third-order valence-electron chi connectivity index (χ3n) is 12.3. The van der Waals surface area contributed by atoms with Crippen LogP contribution >= 0.6 is 0 Å². The molecule has 2 heterocycles. The topological polar surface area (TPSA) is 16.4 Å². The lowest BCUT2D eigenvalue weighted by Crippen LogP contribution is -2.34. The van der Waals surface area contributed by atoms with E-state index in [4.69, 9.17) is 4.42 Å². The number of hydrogen-bond acceptors (Lipinski definition) is 2. The molecule has 3 unspecified atom stereocenters. The van der Waals surface area contributed by atoms with Crippen LogP contribution in [0.25, 0.3) is 39.8 Å². The van der Waals surface area contributed by atoms with Crippen molar-refractivity contribution >= 4 is 68.8 Å². The zero-order chi connectivity index (χ0) is 34.8. The molecule has 256 valence electrons. The first-order chi connectivity index (χ1) is 25.7. The predicted molar refractivity (Wildman–Crippen MR) is 227 cm³/mol. The summed E-state index contributed by atoms with van der Waals surface area (Å²) < 4.78 is 6.66. The third kappa shape index (κ3) is 5.18. The van der Waals surface area contributed by atoms with Gasteiger partial charge in [-0.05, 0) is 124 Å². The summed E-state index contributed by atoms with van der Waals surface area (Å²) in [5.74, 6) is 1.48. The fraction of sp³-hybridized carbons (Fsp3) is 0.208. The SMILES string of the molecule is C[SiH2]C1C=CC(N(c2cccc(C3=c4ccccc4=CCC3)c2)c2ccc3c(c2)[SiH](C)c2ccc4c5c(oc4c2-3)C=CCC5)=CC1C1=CCCC=C1. The lowest BCUT2D eigenvalue weighted by molar-refractivity contribution is 0.596. The maximum atomic E-state index is 6.66. The Kier molecular flexibility index (Phi) is 7.92. The maximum Gasteiger partial charge on any atom is 0.142 e. The molecule has 5 aromatic rings. The van der Waals surface area contributed by atoms with Crippen molar-refractivity contribution < 1.29 is 4.42 Å². The van der Waals surface area contributed by atoms with Gasteiger partial charge >= 0.3 is 0 Å². The molecule has 0 saturated carbocycles. The number of aryl methyl sites for hydroxylation is 1. The number of anilines is 2. The molecule has 4 aromatic carbocycles. The first-order valence-corrected chi connectivity index (χ1v) is 24.0. The molecule has 3 atom stereocenters. The minimum atomic E-state index is -1.45. The zero-order valence-corrected chi connectivity index (χ0v) is 32.8. The van der Waals surface area contributed by atoms with Crippen LogP contribution < -0.4 is 25.7 Å². The second-order valence-corrected chi connectivity index (χ2v) is 19.7. The number of allylic oxidation sites excluding steroid dienone is 8. The van der Waals surface area contributed by atoms with Gasteiger partial charge in [0.1, 0.15) is 20.1 Å². The zero-order valence-electron chi connectivity index (χ0n) is 30.2. The summed E-state index contributed by atoms with van der Waals surface area (Å²) in [4.78, 5) is 2.56. The standard InChI is InChI=1S/C48H45NOSi2/c1-51-44-26-23-35(29-42(44)32-12-4-3-5-13-32)49(34-17-10-16-33(28-34)38-20-11-15-31-14-6-7-18-37(31)38)36-22-24-41-46(30-36)52(2)45-27-25-40-39-19-8-9-21-43(39)50-48(40)47(41)45/h4,6-7,9-10,12-18,21-30,42,44,52H,3,5,8,11,19-20,51H2,1-2H3. The summed E-state index contributed by atoms with van der Waals surface area (Å²) in [6, 6.07) is 30.4. The summed E-state index contributed by atoms with van der Waals surface area (Å²) in [7, 11) is -1.70. The highest BCUT2D eigenvalue weighted by atomic mass is 28.3. The molecule has 4 heteroatoms. The Bertz CT molecular complexity index is 2560. The van der Waals surface area contributed by atoms with Crippen molar-refractivity contribution in [3.63, 3.8) is 0 Å². The highest BCUT2D eigenvalue weighted by Crippen LogP contribution is 2.42. The van der Waals surface area contributed by atoms with E-state index in [0.717, 1.165) is 49.9 Å². The highest BCUT2D eigenvalue weighted by molar-refractivity contribution is 6.89. The molecule has 52 heavy (non-hydrogen) atoms. The Hall–Kier alpha value is -4.91. The lowest BCUT2D eigenvalue weighted by atomic mass is 9.87. The smallest absolute Gasteiger partial charge is 0.142 e. The van der Waals surface area contributed by atoms with Gasteiger partial charge in [-0.1, -0.05) is 110 Å². The summed E-state index contributed by atoms with van der Waals surface area (Å²) in [6.07, 6.45) is 28.3. The van der Waals surface area contributed by atoms with E-state index < -0.39 is 8.80 Å². The van der Waals surface area contributed by atoms with Gasteiger partial charge in [0.25, 0.3) is 0 Å². The van der Waals surface area contributed by atoms with Crippen LogP contribution in [0.2, 0.25) is 18.6 Å². The molecule has 2 nitrogen and oxygen atoms in total. The lowest BCUT2D eigenvalue weighted by Gasteiger charge is -2.33. The van der Waals surface area contributed by atoms with Crippen LogP contribution in [-0.2, 0) is 6.42 Å². The number of hydrogen-bond donors (Lipinski definition) is 0. The van der Waals surface area contributed by atoms with Crippen molar-refractivity contribution in [2.45, 2.75) is 57.2 Å². The Morgan fingerprint density at radius 2 is 1.69 bits per heavy atom. The van der Waals surface area contributed by atoms with Crippen molar-refractivity contribution in [2.24, 2.45) is 5.92 Å². The molecule has 0 spiro atoms. The molecular weight excluding hydrogens is 663 g/mol. The Morgan fingerprint density at radius 3 is 2.60 bits per heavy atom. The molecule has 5 aliphatic rings. The van der Waals surface area contributed by atoms with Crippen LogP contribution in [0, 0.1) is 5.92 Å². The molecule has 10 rings (SSSR count). The van der Waals surface area contributed by atoms with E-state index >= 15 is 0 Å². The number of rotatable bonds is 6. The van der Waals surface area contributed by atoms with Gasteiger partial charge in [-0.3, -0.25) is 0 Å². The Balaban J connectivity index is 1.14. The number of benzene rings is 4. The highest BCUT2D eigenvalue weighted by Gasteiger charge is 2.33. The van der Waals surface area contributed by atoms with Crippen molar-refractivity contribution in [1.82, 2.24) is 0 Å². The molecule has 4 aliphatic carbocycles. The summed E-state index contributed by atoms with van der Waals surface area (Å²) >= 11 is 0. The molecular formula is C48H45NOSi2. The second kappa shape index (κ2) is 12.9. The van der Waals surface area contributed by atoms with E-state index in [1.807, 2.05) is 0 Å². The summed E-state index contributed by atoms with van der Waals surface area (Å²) in [5.41, 5.74) is 13.9. The minimum Gasteiger partial charge on any atom is -0.456 e. The van der Waals surface area contributed by atoms with Crippen LogP contribution in [-0.4, -0.2) is 18.3 Å². The molecule has 1 aromatic heterocycles. The average Bonchev–Trinajstić information content (AvgIpc) is 3.73. The largest absolute Gasteiger partial charge is 0.456 e. The first-order valence-electron chi connectivity index (χ1n) is 19.5. The van der Waals surface area contributed by atoms with Crippen molar-refractivity contribution in [3.05, 3.63) is 160 Å². The van der Waals surface area contributed by atoms with E-state index in [9.17, 15) is 0 Å². The average molecular weight is 708 g/mol. The quantitative estimate of drug-likeness (QED) is 0.165. The third-order valence-corrected chi connectivity index (χ3v) is 16.9. The van der Waals surface area contributed by atoms with Crippen LogP contribution in [0.15, 0.2) is 137 Å². The van der Waals surface area contributed by atoms with Crippen LogP contribution in [0.4, 0.5) is 11.4 Å². The normalized spacial score (nSPS) is 21.4. The van der Waals surface area contributed by atoms with E-state index in [-0.39, 0.29) is 9.52 Å². The van der Waals surface area contributed by atoms with E-state index in [1.54, 1.807) is 0 Å². The fourth-order valence-corrected chi connectivity index (χ4v) is 13.5. The fourth-order valence-electron chi connectivity index (χ4n) is 9.64. The molecule has 0 amide bonds. The summed E-state index contributed by atoms with van der Waals surface area (Å²) in [6.45, 7) is 4.98. The molecule has 0 bridgehead atoms. The van der Waals surface area contributed by atoms with Gasteiger partial charge in [0, 0.05) is 49.0 Å². The van der Waals surface area contributed by atoms with Gasteiger partial charge in [-0.25, -0.2) is 0 Å². The predicted octanol–water partition coefficient (Wildman–Crippen LogP) is 8.61. The van der Waals surface area contributed by atoms with Crippen LogP contribution in [0.5, 0.6) is 0 Å². The number of nitrogens with zero attached hydrogens (tertiary/aromatic N) is 1.